The lowest BCUT2D eigenvalue weighted by atomic mass is 10.3. The van der Waals surface area contributed by atoms with Gasteiger partial charge in [0.1, 0.15) is 0 Å². The number of alkyl halides is 3. The van der Waals surface area contributed by atoms with E-state index in [0.29, 0.717) is 0 Å². The fourth-order valence-electron chi connectivity index (χ4n) is 0.355. The molecule has 0 aliphatic heterocycles. The van der Waals surface area contributed by atoms with Gasteiger partial charge in [-0.2, -0.15) is 13.2 Å². The Morgan fingerprint density at radius 2 is 2.00 bits per heavy atom. The molecular weight excluding hydrogens is 147 g/mol. The highest BCUT2D eigenvalue weighted by atomic mass is 19.4. The summed E-state index contributed by atoms with van der Waals surface area (Å²) < 4.78 is 34.2. The average Bonchev–Trinajstić information content (AvgIpc) is 1.81. The Kier molecular flexibility index (Phi) is 3.67. The topological polar surface area (TPSA) is 32.3 Å². The molecule has 0 aromatic carbocycles. The van der Waals surface area contributed by atoms with Crippen molar-refractivity contribution in [3.63, 3.8) is 0 Å². The third-order valence-corrected chi connectivity index (χ3v) is 0.925. The molecule has 0 aliphatic rings. The van der Waals surface area contributed by atoms with E-state index in [-0.39, 0.29) is 6.61 Å². The summed E-state index contributed by atoms with van der Waals surface area (Å²) in [5, 5.41) is 10.4. The van der Waals surface area contributed by atoms with Crippen molar-refractivity contribution in [2.24, 2.45) is 0 Å². The molecule has 0 radical (unpaired) electrons. The highest BCUT2D eigenvalue weighted by molar-refractivity contribution is 4.61. The molecule has 2 nitrogen and oxygen atoms in total. The van der Waals surface area contributed by atoms with Crippen LogP contribution in [0.3, 0.4) is 0 Å². The van der Waals surface area contributed by atoms with E-state index in [2.05, 4.69) is 5.32 Å². The van der Waals surface area contributed by atoms with Gasteiger partial charge in [0.25, 0.3) is 0 Å². The van der Waals surface area contributed by atoms with Crippen molar-refractivity contribution in [1.82, 2.24) is 5.32 Å². The summed E-state index contributed by atoms with van der Waals surface area (Å²) in [5.74, 6) is 0. The van der Waals surface area contributed by atoms with Crippen LogP contribution in [0.25, 0.3) is 0 Å². The molecule has 0 aromatic heterocycles. The minimum atomic E-state index is -4.19. The van der Waals surface area contributed by atoms with Crippen LogP contribution in [-0.2, 0) is 0 Å². The Balaban J connectivity index is 3.36. The van der Waals surface area contributed by atoms with Crippen LogP contribution < -0.4 is 5.32 Å². The Morgan fingerprint density at radius 3 is 2.30 bits per heavy atom. The minimum absolute atomic E-state index is 0.282. The van der Waals surface area contributed by atoms with Gasteiger partial charge in [0.05, 0.1) is 13.2 Å². The normalized spacial score (nSPS) is 15.3. The van der Waals surface area contributed by atoms with Crippen LogP contribution in [0.15, 0.2) is 0 Å². The van der Waals surface area contributed by atoms with E-state index in [1.165, 1.54) is 6.92 Å². The molecule has 0 fully saturated rings. The SMILES string of the molecule is CC(CO)NCC(F)(F)F. The molecule has 0 aliphatic carbocycles. The van der Waals surface area contributed by atoms with Gasteiger partial charge in [-0.05, 0) is 6.92 Å². The molecule has 10 heavy (non-hydrogen) atoms. The Bertz CT molecular complexity index is 93.4. The highest BCUT2D eigenvalue weighted by Gasteiger charge is 2.26. The van der Waals surface area contributed by atoms with Crippen LogP contribution in [-0.4, -0.2) is 30.5 Å². The zero-order valence-corrected chi connectivity index (χ0v) is 5.57. The third-order valence-electron chi connectivity index (χ3n) is 0.925. The fourth-order valence-corrected chi connectivity index (χ4v) is 0.355. The molecule has 0 spiro atoms. The van der Waals surface area contributed by atoms with Gasteiger partial charge in [-0.1, -0.05) is 0 Å². The number of hydrogen-bond acceptors (Lipinski definition) is 2. The van der Waals surface area contributed by atoms with Gasteiger partial charge in [-0.25, -0.2) is 0 Å². The van der Waals surface area contributed by atoms with Crippen molar-refractivity contribution in [3.8, 4) is 0 Å². The average molecular weight is 157 g/mol. The molecule has 5 heteroatoms. The predicted octanol–water partition coefficient (Wildman–Crippen LogP) is 0.519. The van der Waals surface area contributed by atoms with Gasteiger partial charge in [0.15, 0.2) is 0 Å². The molecule has 62 valence electrons. The van der Waals surface area contributed by atoms with Gasteiger partial charge >= 0.3 is 6.18 Å². The lowest BCUT2D eigenvalue weighted by Gasteiger charge is -2.12. The molecule has 2 N–H and O–H groups in total. The van der Waals surface area contributed by atoms with E-state index in [1.807, 2.05) is 0 Å². The molecule has 1 atom stereocenters. The Morgan fingerprint density at radius 1 is 1.50 bits per heavy atom. The van der Waals surface area contributed by atoms with Crippen molar-refractivity contribution >= 4 is 0 Å². The number of nitrogens with one attached hydrogen (secondary N) is 1. The summed E-state index contributed by atoms with van der Waals surface area (Å²) in [4.78, 5) is 0. The van der Waals surface area contributed by atoms with Crippen molar-refractivity contribution < 1.29 is 18.3 Å². The standard InChI is InChI=1S/C5H10F3NO/c1-4(2-10)9-3-5(6,7)8/h4,9-10H,2-3H2,1H3. The molecule has 0 rings (SSSR count). The molecular formula is C5H10F3NO. The van der Waals surface area contributed by atoms with Crippen molar-refractivity contribution in [2.45, 2.75) is 19.1 Å². The number of aliphatic hydroxyl groups excluding tert-OH is 1. The molecule has 1 unspecified atom stereocenters. The van der Waals surface area contributed by atoms with Gasteiger partial charge in [0, 0.05) is 6.04 Å². The first-order valence-corrected chi connectivity index (χ1v) is 2.86. The molecule has 0 aromatic rings. The first-order valence-electron chi connectivity index (χ1n) is 2.86. The van der Waals surface area contributed by atoms with Crippen LogP contribution in [0.4, 0.5) is 13.2 Å². The second-order valence-electron chi connectivity index (χ2n) is 2.08. The maximum atomic E-state index is 11.4. The first-order chi connectivity index (χ1) is 4.45. The van der Waals surface area contributed by atoms with Crippen LogP contribution >= 0.6 is 0 Å². The molecule has 0 heterocycles. The van der Waals surface area contributed by atoms with E-state index in [4.69, 9.17) is 5.11 Å². The van der Waals surface area contributed by atoms with E-state index in [0.717, 1.165) is 0 Å². The second kappa shape index (κ2) is 3.78. The van der Waals surface area contributed by atoms with Crippen LogP contribution in [0.5, 0.6) is 0 Å². The van der Waals surface area contributed by atoms with Gasteiger partial charge in [-0.15, -0.1) is 0 Å². The van der Waals surface area contributed by atoms with Gasteiger partial charge < -0.3 is 10.4 Å². The van der Waals surface area contributed by atoms with Crippen LogP contribution in [0, 0.1) is 0 Å². The second-order valence-corrected chi connectivity index (χ2v) is 2.08. The minimum Gasteiger partial charge on any atom is -0.395 e. The van der Waals surface area contributed by atoms with E-state index < -0.39 is 18.8 Å². The summed E-state index contributed by atoms with van der Waals surface area (Å²) in [6, 6.07) is -0.498. The molecule has 0 saturated carbocycles. The number of hydrogen-bond donors (Lipinski definition) is 2. The number of halogens is 3. The van der Waals surface area contributed by atoms with Crippen molar-refractivity contribution in [2.75, 3.05) is 13.2 Å². The largest absolute Gasteiger partial charge is 0.401 e. The molecule has 0 saturated heterocycles. The summed E-state index contributed by atoms with van der Waals surface area (Å²) in [5.41, 5.74) is 0. The summed E-state index contributed by atoms with van der Waals surface area (Å²) in [6.07, 6.45) is -4.19. The van der Waals surface area contributed by atoms with Crippen LogP contribution in [0.2, 0.25) is 0 Å². The van der Waals surface area contributed by atoms with E-state index >= 15 is 0 Å². The Hall–Kier alpha value is -0.290. The quantitative estimate of drug-likeness (QED) is 0.626. The maximum absolute atomic E-state index is 11.4. The fraction of sp³-hybridized carbons (Fsp3) is 1.00. The first kappa shape index (κ1) is 9.71. The van der Waals surface area contributed by atoms with Crippen molar-refractivity contribution in [1.29, 1.82) is 0 Å². The maximum Gasteiger partial charge on any atom is 0.401 e. The molecule has 0 amide bonds. The molecule has 0 bridgehead atoms. The highest BCUT2D eigenvalue weighted by Crippen LogP contribution is 2.12. The monoisotopic (exact) mass is 157 g/mol. The van der Waals surface area contributed by atoms with Crippen molar-refractivity contribution in [3.05, 3.63) is 0 Å². The third kappa shape index (κ3) is 5.84. The lowest BCUT2D eigenvalue weighted by molar-refractivity contribution is -0.126. The number of aliphatic hydroxyl groups is 1. The van der Waals surface area contributed by atoms with Crippen LogP contribution in [0.1, 0.15) is 6.92 Å². The summed E-state index contributed by atoms with van der Waals surface area (Å²) in [7, 11) is 0. The van der Waals surface area contributed by atoms with Gasteiger partial charge in [-0.3, -0.25) is 0 Å². The summed E-state index contributed by atoms with van der Waals surface area (Å²) >= 11 is 0. The zero-order valence-electron chi connectivity index (χ0n) is 5.57. The summed E-state index contributed by atoms with van der Waals surface area (Å²) in [6.45, 7) is 0.149. The predicted molar refractivity (Wildman–Crippen MR) is 30.6 cm³/mol. The zero-order chi connectivity index (χ0) is 8.20. The van der Waals surface area contributed by atoms with E-state index in [1.54, 1.807) is 0 Å². The van der Waals surface area contributed by atoms with Gasteiger partial charge in [0.2, 0.25) is 0 Å². The Labute approximate surface area is 57.0 Å². The number of rotatable bonds is 3. The smallest absolute Gasteiger partial charge is 0.395 e. The van der Waals surface area contributed by atoms with E-state index in [9.17, 15) is 13.2 Å². The lowest BCUT2D eigenvalue weighted by Crippen LogP contribution is -2.37.